The summed E-state index contributed by atoms with van der Waals surface area (Å²) in [5.74, 6) is 1.53. The molecule has 0 aliphatic carbocycles. The van der Waals surface area contributed by atoms with Gasteiger partial charge in [0.15, 0.2) is 11.5 Å². The number of rotatable bonds is 5. The molecule has 1 fully saturated rings. The maximum atomic E-state index is 12.0. The van der Waals surface area contributed by atoms with Crippen LogP contribution in [0.4, 0.5) is 0 Å². The maximum Gasteiger partial charge on any atom is 0.239 e. The van der Waals surface area contributed by atoms with E-state index in [0.29, 0.717) is 32.7 Å². The van der Waals surface area contributed by atoms with E-state index >= 15 is 0 Å². The number of hydrogen-bond acceptors (Lipinski definition) is 4. The molecule has 3 rings (SSSR count). The van der Waals surface area contributed by atoms with Crippen molar-refractivity contribution in [3.05, 3.63) is 23.8 Å². The van der Waals surface area contributed by atoms with Gasteiger partial charge >= 0.3 is 0 Å². The molecule has 130 valence electrons. The van der Waals surface area contributed by atoms with E-state index in [1.165, 1.54) is 0 Å². The fourth-order valence-corrected chi connectivity index (χ4v) is 3.02. The lowest BCUT2D eigenvalue weighted by molar-refractivity contribution is -0.135. The largest absolute Gasteiger partial charge is 0.486 e. The molecule has 1 saturated heterocycles. The van der Waals surface area contributed by atoms with Gasteiger partial charge in [-0.1, -0.05) is 12.5 Å². The maximum absolute atomic E-state index is 12.0. The van der Waals surface area contributed by atoms with E-state index in [-0.39, 0.29) is 18.4 Å². The molecule has 2 heterocycles. The van der Waals surface area contributed by atoms with Crippen LogP contribution < -0.4 is 14.8 Å². The molecule has 0 spiro atoms. The molecule has 0 aromatic heterocycles. The molecule has 0 radical (unpaired) electrons. The Kier molecular flexibility index (Phi) is 5.56. The lowest BCUT2D eigenvalue weighted by Gasteiger charge is -2.20. The van der Waals surface area contributed by atoms with Crippen molar-refractivity contribution in [2.45, 2.75) is 32.1 Å². The van der Waals surface area contributed by atoms with E-state index < -0.39 is 0 Å². The molecule has 1 N–H and O–H groups in total. The van der Waals surface area contributed by atoms with Crippen LogP contribution in [0.1, 0.15) is 31.2 Å². The van der Waals surface area contributed by atoms with Crippen LogP contribution >= 0.6 is 0 Å². The Morgan fingerprint density at radius 1 is 1.12 bits per heavy atom. The van der Waals surface area contributed by atoms with Crippen molar-refractivity contribution in [3.8, 4) is 11.5 Å². The van der Waals surface area contributed by atoms with Crippen LogP contribution in [-0.2, 0) is 16.0 Å². The topological polar surface area (TPSA) is 67.9 Å². The van der Waals surface area contributed by atoms with Gasteiger partial charge in [-0.25, -0.2) is 0 Å². The number of hydrogen-bond donors (Lipinski definition) is 1. The molecule has 2 aliphatic rings. The normalized spacial score (nSPS) is 17.3. The number of nitrogens with one attached hydrogen (secondary N) is 1. The summed E-state index contributed by atoms with van der Waals surface area (Å²) >= 11 is 0. The molecular formula is C18H24N2O4. The summed E-state index contributed by atoms with van der Waals surface area (Å²) < 4.78 is 11.1. The van der Waals surface area contributed by atoms with Gasteiger partial charge < -0.3 is 19.7 Å². The van der Waals surface area contributed by atoms with E-state index in [1.54, 1.807) is 4.90 Å². The standard InChI is InChI=1S/C18H24N2O4/c21-17(13-20-9-3-1-2-4-18(20)22)19-8-7-14-5-6-15-16(12-14)24-11-10-23-15/h5-6,12H,1-4,7-11,13H2,(H,19,21). The molecule has 24 heavy (non-hydrogen) atoms. The number of nitrogens with zero attached hydrogens (tertiary/aromatic N) is 1. The lowest BCUT2D eigenvalue weighted by Crippen LogP contribution is -2.41. The predicted molar refractivity (Wildman–Crippen MR) is 89.2 cm³/mol. The van der Waals surface area contributed by atoms with Crippen LogP contribution in [0.2, 0.25) is 0 Å². The third kappa shape index (κ3) is 4.40. The van der Waals surface area contributed by atoms with E-state index in [9.17, 15) is 9.59 Å². The van der Waals surface area contributed by atoms with Crippen LogP contribution in [0.5, 0.6) is 11.5 Å². The first-order chi connectivity index (χ1) is 11.7. The van der Waals surface area contributed by atoms with Gasteiger partial charge in [-0.3, -0.25) is 9.59 Å². The van der Waals surface area contributed by atoms with Crippen LogP contribution in [0, 0.1) is 0 Å². The highest BCUT2D eigenvalue weighted by Gasteiger charge is 2.19. The van der Waals surface area contributed by atoms with Crippen LogP contribution in [0.25, 0.3) is 0 Å². The van der Waals surface area contributed by atoms with E-state index in [0.717, 1.165) is 42.7 Å². The first-order valence-electron chi connectivity index (χ1n) is 8.65. The summed E-state index contributed by atoms with van der Waals surface area (Å²) in [6.07, 6.45) is 4.26. The molecule has 1 aromatic carbocycles. The zero-order valence-corrected chi connectivity index (χ0v) is 13.9. The van der Waals surface area contributed by atoms with Crippen LogP contribution in [-0.4, -0.2) is 49.6 Å². The smallest absolute Gasteiger partial charge is 0.239 e. The zero-order valence-electron chi connectivity index (χ0n) is 13.9. The molecular weight excluding hydrogens is 308 g/mol. The van der Waals surface area contributed by atoms with Gasteiger partial charge in [-0.05, 0) is 37.0 Å². The Bertz CT molecular complexity index is 603. The predicted octanol–water partition coefficient (Wildman–Crippen LogP) is 1.52. The van der Waals surface area contributed by atoms with E-state index in [4.69, 9.17) is 9.47 Å². The van der Waals surface area contributed by atoms with Gasteiger partial charge in [0.2, 0.25) is 11.8 Å². The molecule has 0 unspecified atom stereocenters. The van der Waals surface area contributed by atoms with Crippen molar-refractivity contribution in [1.82, 2.24) is 10.2 Å². The number of ether oxygens (including phenoxy) is 2. The Morgan fingerprint density at radius 3 is 2.83 bits per heavy atom. The molecule has 0 atom stereocenters. The summed E-state index contributed by atoms with van der Waals surface area (Å²) in [6.45, 7) is 2.55. The second-order valence-electron chi connectivity index (χ2n) is 6.20. The summed E-state index contributed by atoms with van der Waals surface area (Å²) in [5.41, 5.74) is 1.09. The number of carbonyl (C=O) groups is 2. The number of likely N-dealkylation sites (tertiary alicyclic amines) is 1. The van der Waals surface area contributed by atoms with Gasteiger partial charge in [0, 0.05) is 19.5 Å². The minimum absolute atomic E-state index is 0.0921. The molecule has 2 amide bonds. The van der Waals surface area contributed by atoms with E-state index in [1.807, 2.05) is 18.2 Å². The van der Waals surface area contributed by atoms with Crippen molar-refractivity contribution in [3.63, 3.8) is 0 Å². The summed E-state index contributed by atoms with van der Waals surface area (Å²) in [5, 5.41) is 2.89. The van der Waals surface area contributed by atoms with Crippen LogP contribution in [0.3, 0.4) is 0 Å². The third-order valence-electron chi connectivity index (χ3n) is 4.35. The second-order valence-corrected chi connectivity index (χ2v) is 6.20. The number of carbonyl (C=O) groups excluding carboxylic acids is 2. The Morgan fingerprint density at radius 2 is 1.96 bits per heavy atom. The Labute approximate surface area is 142 Å². The van der Waals surface area contributed by atoms with Crippen molar-refractivity contribution in [2.24, 2.45) is 0 Å². The van der Waals surface area contributed by atoms with Crippen molar-refractivity contribution in [2.75, 3.05) is 32.8 Å². The van der Waals surface area contributed by atoms with Gasteiger partial charge in [-0.2, -0.15) is 0 Å². The van der Waals surface area contributed by atoms with Crippen molar-refractivity contribution >= 4 is 11.8 Å². The summed E-state index contributed by atoms with van der Waals surface area (Å²) in [6, 6.07) is 5.85. The van der Waals surface area contributed by atoms with Crippen molar-refractivity contribution < 1.29 is 19.1 Å². The minimum atomic E-state index is -0.0946. The third-order valence-corrected chi connectivity index (χ3v) is 4.35. The average molecular weight is 332 g/mol. The van der Waals surface area contributed by atoms with E-state index in [2.05, 4.69) is 5.32 Å². The number of benzene rings is 1. The quantitative estimate of drug-likeness (QED) is 0.888. The molecule has 2 aliphatic heterocycles. The molecule has 0 bridgehead atoms. The highest BCUT2D eigenvalue weighted by atomic mass is 16.6. The summed E-state index contributed by atoms with van der Waals surface area (Å²) in [4.78, 5) is 25.6. The highest BCUT2D eigenvalue weighted by molar-refractivity contribution is 5.84. The van der Waals surface area contributed by atoms with Gasteiger partial charge in [0.25, 0.3) is 0 Å². The fourth-order valence-electron chi connectivity index (χ4n) is 3.02. The SMILES string of the molecule is O=C(CN1CCCCCC1=O)NCCc1ccc2c(c1)OCCO2. The Balaban J connectivity index is 1.44. The highest BCUT2D eigenvalue weighted by Crippen LogP contribution is 2.30. The van der Waals surface area contributed by atoms with Gasteiger partial charge in [0.1, 0.15) is 13.2 Å². The second kappa shape index (κ2) is 8.04. The zero-order chi connectivity index (χ0) is 16.8. The lowest BCUT2D eigenvalue weighted by atomic mass is 10.1. The molecule has 6 nitrogen and oxygen atoms in total. The molecule has 6 heteroatoms. The van der Waals surface area contributed by atoms with Gasteiger partial charge in [-0.15, -0.1) is 0 Å². The minimum Gasteiger partial charge on any atom is -0.486 e. The fraction of sp³-hybridized carbons (Fsp3) is 0.556. The monoisotopic (exact) mass is 332 g/mol. The number of fused-ring (bicyclic) bond motifs is 1. The van der Waals surface area contributed by atoms with Crippen LogP contribution in [0.15, 0.2) is 18.2 Å². The molecule has 0 saturated carbocycles. The molecule has 1 aromatic rings. The van der Waals surface area contributed by atoms with Gasteiger partial charge in [0.05, 0.1) is 6.54 Å². The number of amides is 2. The first-order valence-corrected chi connectivity index (χ1v) is 8.65. The first kappa shape index (κ1) is 16.6. The Hall–Kier alpha value is -2.24. The average Bonchev–Trinajstić information content (AvgIpc) is 2.79. The van der Waals surface area contributed by atoms with Crippen molar-refractivity contribution in [1.29, 1.82) is 0 Å². The summed E-state index contributed by atoms with van der Waals surface area (Å²) in [7, 11) is 0.